The monoisotopic (exact) mass is 409 g/mol. The van der Waals surface area contributed by atoms with Crippen LogP contribution in [0.1, 0.15) is 24.5 Å². The third-order valence-electron chi connectivity index (χ3n) is 4.93. The maximum atomic E-state index is 12.7. The van der Waals surface area contributed by atoms with Crippen molar-refractivity contribution in [1.82, 2.24) is 9.80 Å². The van der Waals surface area contributed by atoms with E-state index in [1.165, 1.54) is 5.56 Å². The number of ether oxygens (including phenoxy) is 1. The molecule has 152 valence electrons. The molecule has 1 amide bonds. The van der Waals surface area contributed by atoms with Gasteiger partial charge in [-0.05, 0) is 55.3 Å². The smallest absolute Gasteiger partial charge is 0.232 e. The summed E-state index contributed by atoms with van der Waals surface area (Å²) in [4.78, 5) is 18.1. The van der Waals surface area contributed by atoms with Crippen LogP contribution in [-0.2, 0) is 11.3 Å². The van der Waals surface area contributed by atoms with Crippen LogP contribution in [0.15, 0.2) is 53.4 Å². The molecule has 1 saturated heterocycles. The average Bonchev–Trinajstić information content (AvgIpc) is 2.99. The summed E-state index contributed by atoms with van der Waals surface area (Å²) in [5, 5.41) is 8.91. The van der Waals surface area contributed by atoms with E-state index in [-0.39, 0.29) is 5.91 Å². The van der Waals surface area contributed by atoms with Gasteiger partial charge in [-0.15, -0.1) is 11.8 Å². The van der Waals surface area contributed by atoms with Gasteiger partial charge in [0, 0.05) is 37.6 Å². The van der Waals surface area contributed by atoms with Crippen molar-refractivity contribution >= 4 is 17.7 Å². The van der Waals surface area contributed by atoms with E-state index in [1.807, 2.05) is 60.4 Å². The van der Waals surface area contributed by atoms with Crippen LogP contribution in [0.5, 0.6) is 5.75 Å². The predicted octanol–water partition coefficient (Wildman–Crippen LogP) is 3.78. The van der Waals surface area contributed by atoms with Crippen molar-refractivity contribution in [2.24, 2.45) is 0 Å². The number of benzene rings is 2. The van der Waals surface area contributed by atoms with Crippen LogP contribution < -0.4 is 4.74 Å². The maximum Gasteiger partial charge on any atom is 0.232 e. The Labute approximate surface area is 177 Å². The van der Waals surface area contributed by atoms with Crippen molar-refractivity contribution in [2.75, 3.05) is 38.5 Å². The fourth-order valence-corrected chi connectivity index (χ4v) is 4.16. The number of carbonyl (C=O) groups is 1. The summed E-state index contributed by atoms with van der Waals surface area (Å²) in [5.74, 6) is 1.52. The van der Waals surface area contributed by atoms with E-state index in [0.717, 1.165) is 49.8 Å². The Balaban J connectivity index is 1.45. The van der Waals surface area contributed by atoms with Crippen molar-refractivity contribution in [3.05, 3.63) is 59.7 Å². The Morgan fingerprint density at radius 3 is 2.52 bits per heavy atom. The van der Waals surface area contributed by atoms with E-state index in [0.29, 0.717) is 17.9 Å². The van der Waals surface area contributed by atoms with Gasteiger partial charge in [0.15, 0.2) is 0 Å². The molecule has 2 aromatic rings. The number of amides is 1. The molecule has 29 heavy (non-hydrogen) atoms. The third kappa shape index (κ3) is 6.52. The SMILES string of the molecule is CCOc1ccc(SCC(=O)N2CCCN(Cc3ccc(C#N)cc3)CC2)cc1. The van der Waals surface area contributed by atoms with E-state index in [1.54, 1.807) is 11.8 Å². The Hall–Kier alpha value is -2.49. The highest BCUT2D eigenvalue weighted by Gasteiger charge is 2.19. The second-order valence-corrected chi connectivity index (χ2v) is 8.06. The average molecular weight is 410 g/mol. The fourth-order valence-electron chi connectivity index (χ4n) is 3.36. The van der Waals surface area contributed by atoms with Crippen molar-refractivity contribution in [1.29, 1.82) is 5.26 Å². The molecule has 0 spiro atoms. The Bertz CT molecular complexity index is 831. The Morgan fingerprint density at radius 1 is 1.07 bits per heavy atom. The highest BCUT2D eigenvalue weighted by atomic mass is 32.2. The number of rotatable bonds is 7. The van der Waals surface area contributed by atoms with Crippen LogP contribution in [0.2, 0.25) is 0 Å². The first kappa shape index (κ1) is 21.2. The first-order chi connectivity index (χ1) is 14.2. The van der Waals surface area contributed by atoms with E-state index in [4.69, 9.17) is 10.00 Å². The van der Waals surface area contributed by atoms with E-state index in [9.17, 15) is 4.79 Å². The van der Waals surface area contributed by atoms with Gasteiger partial charge in [0.05, 0.1) is 24.0 Å². The van der Waals surface area contributed by atoms with Crippen LogP contribution in [0.25, 0.3) is 0 Å². The van der Waals surface area contributed by atoms with Gasteiger partial charge in [0.25, 0.3) is 0 Å². The topological polar surface area (TPSA) is 56.6 Å². The second-order valence-electron chi connectivity index (χ2n) is 7.01. The fraction of sp³-hybridized carbons (Fsp3) is 0.391. The molecule has 1 aliphatic heterocycles. The van der Waals surface area contributed by atoms with E-state index < -0.39 is 0 Å². The molecule has 1 aliphatic rings. The number of hydrogen-bond donors (Lipinski definition) is 0. The first-order valence-electron chi connectivity index (χ1n) is 10.0. The molecule has 5 nitrogen and oxygen atoms in total. The van der Waals surface area contributed by atoms with E-state index >= 15 is 0 Å². The van der Waals surface area contributed by atoms with Crippen LogP contribution in [0, 0.1) is 11.3 Å². The lowest BCUT2D eigenvalue weighted by Crippen LogP contribution is -2.36. The number of thioether (sulfide) groups is 1. The van der Waals surface area contributed by atoms with Crippen molar-refractivity contribution < 1.29 is 9.53 Å². The summed E-state index contributed by atoms with van der Waals surface area (Å²) >= 11 is 1.58. The lowest BCUT2D eigenvalue weighted by atomic mass is 10.1. The quantitative estimate of drug-likeness (QED) is 0.652. The molecule has 0 unspecified atom stereocenters. The predicted molar refractivity (Wildman–Crippen MR) is 116 cm³/mol. The maximum absolute atomic E-state index is 12.7. The molecule has 0 N–H and O–H groups in total. The molecule has 1 fully saturated rings. The summed E-state index contributed by atoms with van der Waals surface area (Å²) in [6.07, 6.45) is 0.982. The second kappa shape index (κ2) is 10.9. The zero-order valence-electron chi connectivity index (χ0n) is 16.8. The molecule has 0 aromatic heterocycles. The molecule has 0 saturated carbocycles. The minimum atomic E-state index is 0.198. The normalized spacial score (nSPS) is 14.8. The molecule has 0 aliphatic carbocycles. The summed E-state index contributed by atoms with van der Waals surface area (Å²) in [5.41, 5.74) is 1.89. The first-order valence-corrected chi connectivity index (χ1v) is 11.0. The van der Waals surface area contributed by atoms with Gasteiger partial charge in [-0.1, -0.05) is 12.1 Å². The molecule has 6 heteroatoms. The zero-order valence-corrected chi connectivity index (χ0v) is 17.7. The van der Waals surface area contributed by atoms with Crippen LogP contribution >= 0.6 is 11.8 Å². The molecule has 0 bridgehead atoms. The van der Waals surface area contributed by atoms with Crippen LogP contribution in [0.3, 0.4) is 0 Å². The highest BCUT2D eigenvalue weighted by molar-refractivity contribution is 8.00. The number of carbonyl (C=O) groups excluding carboxylic acids is 1. The summed E-state index contributed by atoms with van der Waals surface area (Å²) in [6.45, 7) is 6.91. The zero-order chi connectivity index (χ0) is 20.5. The molecule has 0 atom stereocenters. The third-order valence-corrected chi connectivity index (χ3v) is 5.92. The van der Waals surface area contributed by atoms with Crippen molar-refractivity contribution in [3.63, 3.8) is 0 Å². The Morgan fingerprint density at radius 2 is 1.83 bits per heavy atom. The Kier molecular flexibility index (Phi) is 7.97. The molecule has 2 aromatic carbocycles. The van der Waals surface area contributed by atoms with Crippen LogP contribution in [-0.4, -0.2) is 54.2 Å². The van der Waals surface area contributed by atoms with Gasteiger partial charge in [0.2, 0.25) is 5.91 Å². The lowest BCUT2D eigenvalue weighted by molar-refractivity contribution is -0.128. The molecular formula is C23H27N3O2S. The number of nitrogens with zero attached hydrogens (tertiary/aromatic N) is 3. The van der Waals surface area contributed by atoms with Crippen molar-refractivity contribution in [2.45, 2.75) is 24.8 Å². The van der Waals surface area contributed by atoms with Gasteiger partial charge >= 0.3 is 0 Å². The summed E-state index contributed by atoms with van der Waals surface area (Å²) in [6, 6.07) is 17.8. The van der Waals surface area contributed by atoms with Gasteiger partial charge in [-0.3, -0.25) is 9.69 Å². The molecular weight excluding hydrogens is 382 g/mol. The number of hydrogen-bond acceptors (Lipinski definition) is 5. The summed E-state index contributed by atoms with van der Waals surface area (Å²) in [7, 11) is 0. The van der Waals surface area contributed by atoms with Crippen LogP contribution in [0.4, 0.5) is 0 Å². The highest BCUT2D eigenvalue weighted by Crippen LogP contribution is 2.22. The van der Waals surface area contributed by atoms with Gasteiger partial charge in [0.1, 0.15) is 5.75 Å². The lowest BCUT2D eigenvalue weighted by Gasteiger charge is -2.22. The molecule has 0 radical (unpaired) electrons. The van der Waals surface area contributed by atoms with Crippen molar-refractivity contribution in [3.8, 4) is 11.8 Å². The minimum Gasteiger partial charge on any atom is -0.494 e. The standard InChI is InChI=1S/C23H27N3O2S/c1-2-28-21-8-10-22(11-9-21)29-18-23(27)26-13-3-12-25(14-15-26)17-20-6-4-19(16-24)5-7-20/h4-11H,2-3,12-15,17-18H2,1H3. The van der Waals surface area contributed by atoms with Gasteiger partial charge in [-0.25, -0.2) is 0 Å². The van der Waals surface area contributed by atoms with Gasteiger partial charge < -0.3 is 9.64 Å². The largest absolute Gasteiger partial charge is 0.494 e. The van der Waals surface area contributed by atoms with Gasteiger partial charge in [-0.2, -0.15) is 5.26 Å². The number of nitriles is 1. The minimum absolute atomic E-state index is 0.198. The van der Waals surface area contributed by atoms with E-state index in [2.05, 4.69) is 11.0 Å². The summed E-state index contributed by atoms with van der Waals surface area (Å²) < 4.78 is 5.46. The molecule has 1 heterocycles. The molecule has 3 rings (SSSR count).